The minimum Gasteiger partial charge on any atom is -0.493 e. The van der Waals surface area contributed by atoms with E-state index in [9.17, 15) is 8.42 Å². The summed E-state index contributed by atoms with van der Waals surface area (Å²) in [6.45, 7) is 1.23. The van der Waals surface area contributed by atoms with Gasteiger partial charge in [-0.3, -0.25) is 0 Å². The van der Waals surface area contributed by atoms with E-state index in [2.05, 4.69) is 5.10 Å². The first kappa shape index (κ1) is 19.8. The van der Waals surface area contributed by atoms with E-state index >= 15 is 0 Å². The van der Waals surface area contributed by atoms with Gasteiger partial charge in [0.05, 0.1) is 38.7 Å². The van der Waals surface area contributed by atoms with Crippen molar-refractivity contribution in [2.45, 2.75) is 25.6 Å². The van der Waals surface area contributed by atoms with Crippen molar-refractivity contribution in [1.29, 1.82) is 0 Å². The molecule has 0 spiro atoms. The molecule has 3 rings (SSSR count). The molecule has 1 saturated heterocycles. The number of sulfone groups is 1. The minimum absolute atomic E-state index is 0.0800. The van der Waals surface area contributed by atoms with Crippen LogP contribution in [0.2, 0.25) is 0 Å². The van der Waals surface area contributed by atoms with Crippen molar-refractivity contribution in [3.8, 4) is 11.5 Å². The second-order valence-corrected chi connectivity index (χ2v) is 9.36. The van der Waals surface area contributed by atoms with Crippen LogP contribution >= 0.6 is 12.2 Å². The Kier molecular flexibility index (Phi) is 5.87. The van der Waals surface area contributed by atoms with Gasteiger partial charge in [-0.25, -0.2) is 8.42 Å². The second kappa shape index (κ2) is 7.99. The van der Waals surface area contributed by atoms with Gasteiger partial charge in [-0.05, 0) is 36.8 Å². The number of benzene rings is 1. The molecule has 27 heavy (non-hydrogen) atoms. The molecule has 1 aromatic carbocycles. The number of quaternary nitrogens is 1. The number of nitrogens with zero attached hydrogens (tertiary/aromatic N) is 2. The van der Waals surface area contributed by atoms with E-state index in [4.69, 9.17) is 26.1 Å². The van der Waals surface area contributed by atoms with E-state index in [-0.39, 0.29) is 22.3 Å². The van der Waals surface area contributed by atoms with E-state index in [1.165, 1.54) is 0 Å². The molecule has 2 atom stereocenters. The molecule has 0 amide bonds. The molecule has 148 valence electrons. The van der Waals surface area contributed by atoms with Gasteiger partial charge in [0, 0.05) is 5.56 Å². The normalized spacial score (nSPS) is 19.7. The quantitative estimate of drug-likeness (QED) is 0.671. The predicted octanol–water partition coefficient (Wildman–Crippen LogP) is 0.797. The minimum atomic E-state index is -2.99. The Bertz CT molecular complexity index is 967. The molecule has 1 aromatic heterocycles. The molecule has 2 heterocycles. The highest BCUT2D eigenvalue weighted by Gasteiger charge is 2.33. The van der Waals surface area contributed by atoms with Crippen LogP contribution in [0, 0.1) is 4.84 Å². The molecule has 2 aromatic rings. The zero-order chi connectivity index (χ0) is 19.6. The lowest BCUT2D eigenvalue weighted by Crippen LogP contribution is -3.07. The summed E-state index contributed by atoms with van der Waals surface area (Å²) in [6, 6.07) is 5.81. The van der Waals surface area contributed by atoms with Crippen LogP contribution in [0.4, 0.5) is 0 Å². The number of hydrogen-bond donors (Lipinski definition) is 1. The van der Waals surface area contributed by atoms with Crippen molar-refractivity contribution in [3.63, 3.8) is 0 Å². The molecule has 8 nitrogen and oxygen atoms in total. The second-order valence-electron chi connectivity index (χ2n) is 6.79. The average molecular weight is 415 g/mol. The summed E-state index contributed by atoms with van der Waals surface area (Å²) in [4.78, 5) is 1.40. The number of ether oxygens (including phenoxy) is 2. The largest absolute Gasteiger partial charge is 0.493 e. The maximum atomic E-state index is 11.7. The standard InChI is InChI=1S/C17H23N3O5S2/c1-19(9-12-4-5-14(23-2)15(8-12)24-3)11-20-17(26)25-16(18-20)13-6-7-27(21,22)10-13/h4-5,8,13H,6-7,9-11H2,1-3H3/p+1/t13-/m1/s1. The molecule has 1 fully saturated rings. The van der Waals surface area contributed by atoms with Gasteiger partial charge in [0.1, 0.15) is 6.54 Å². The lowest BCUT2D eigenvalue weighted by Gasteiger charge is -2.15. The van der Waals surface area contributed by atoms with Gasteiger partial charge < -0.3 is 18.8 Å². The van der Waals surface area contributed by atoms with Gasteiger partial charge in [0.2, 0.25) is 5.89 Å². The third-order valence-corrected chi connectivity index (χ3v) is 6.64. The third-order valence-electron chi connectivity index (χ3n) is 4.58. The lowest BCUT2D eigenvalue weighted by atomic mass is 10.1. The molecule has 0 aliphatic carbocycles. The monoisotopic (exact) mass is 414 g/mol. The fraction of sp³-hybridized carbons (Fsp3) is 0.529. The van der Waals surface area contributed by atoms with Crippen molar-refractivity contribution in [2.75, 3.05) is 32.8 Å². The Labute approximate surface area is 163 Å². The average Bonchev–Trinajstić information content (AvgIpc) is 3.17. The molecule has 1 unspecified atom stereocenters. The van der Waals surface area contributed by atoms with E-state index < -0.39 is 9.84 Å². The van der Waals surface area contributed by atoms with Crippen molar-refractivity contribution in [2.24, 2.45) is 0 Å². The van der Waals surface area contributed by atoms with E-state index in [1.807, 2.05) is 25.2 Å². The number of aromatic nitrogens is 2. The first-order valence-corrected chi connectivity index (χ1v) is 10.8. The SMILES string of the molecule is COc1ccc(C[NH+](C)Cn2nc([C@@H]3CCS(=O)(=O)C3)oc2=S)cc1OC. The van der Waals surface area contributed by atoms with Crippen LogP contribution in [0.1, 0.15) is 23.8 Å². The Balaban J connectivity index is 1.68. The van der Waals surface area contributed by atoms with E-state index in [0.29, 0.717) is 30.5 Å². The van der Waals surface area contributed by atoms with Crippen LogP contribution in [0.5, 0.6) is 11.5 Å². The molecule has 0 saturated carbocycles. The Morgan fingerprint density at radius 1 is 1.33 bits per heavy atom. The summed E-state index contributed by atoms with van der Waals surface area (Å²) >= 11 is 5.26. The predicted molar refractivity (Wildman–Crippen MR) is 101 cm³/mol. The molecule has 1 aliphatic rings. The molecule has 10 heteroatoms. The highest BCUT2D eigenvalue weighted by atomic mass is 32.2. The number of rotatable bonds is 7. The summed E-state index contributed by atoms with van der Waals surface area (Å²) < 4.78 is 41.1. The highest BCUT2D eigenvalue weighted by Crippen LogP contribution is 2.28. The van der Waals surface area contributed by atoms with Crippen molar-refractivity contribution in [1.82, 2.24) is 9.78 Å². The molecular formula is C17H24N3O5S2+. The molecule has 1 aliphatic heterocycles. The Morgan fingerprint density at radius 3 is 2.70 bits per heavy atom. The molecule has 1 N–H and O–H groups in total. The summed E-state index contributed by atoms with van der Waals surface area (Å²) in [7, 11) is 2.24. The van der Waals surface area contributed by atoms with E-state index in [0.717, 1.165) is 17.0 Å². The van der Waals surface area contributed by atoms with Crippen molar-refractivity contribution < 1.29 is 27.2 Å². The summed E-state index contributed by atoms with van der Waals surface area (Å²) in [5.74, 6) is 1.84. The summed E-state index contributed by atoms with van der Waals surface area (Å²) in [5.41, 5.74) is 1.09. The fourth-order valence-corrected chi connectivity index (χ4v) is 5.15. The van der Waals surface area contributed by atoms with Crippen LogP contribution in [0.25, 0.3) is 0 Å². The topological polar surface area (TPSA) is 88.0 Å². The third kappa shape index (κ3) is 4.69. The zero-order valence-corrected chi connectivity index (χ0v) is 17.2. The van der Waals surface area contributed by atoms with Gasteiger partial charge in [0.15, 0.2) is 28.0 Å². The summed E-state index contributed by atoms with van der Waals surface area (Å²) in [6.07, 6.45) is 0.534. The van der Waals surface area contributed by atoms with E-state index in [1.54, 1.807) is 18.9 Å². The fourth-order valence-electron chi connectivity index (χ4n) is 3.23. The van der Waals surface area contributed by atoms with Crippen LogP contribution < -0.4 is 14.4 Å². The van der Waals surface area contributed by atoms with Gasteiger partial charge in [-0.1, -0.05) is 0 Å². The van der Waals surface area contributed by atoms with Gasteiger partial charge in [-0.2, -0.15) is 4.68 Å². The van der Waals surface area contributed by atoms with Gasteiger partial charge in [-0.15, -0.1) is 5.10 Å². The van der Waals surface area contributed by atoms with Gasteiger partial charge >= 0.3 is 0 Å². The van der Waals surface area contributed by atoms with Crippen LogP contribution in [0.15, 0.2) is 22.6 Å². The maximum Gasteiger partial charge on any atom is 0.291 e. The lowest BCUT2D eigenvalue weighted by molar-refractivity contribution is -0.917. The van der Waals surface area contributed by atoms with Crippen LogP contribution in [0.3, 0.4) is 0 Å². The number of nitrogens with one attached hydrogen (secondary N) is 1. The maximum absolute atomic E-state index is 11.7. The highest BCUT2D eigenvalue weighted by molar-refractivity contribution is 7.91. The first-order chi connectivity index (χ1) is 12.8. The Morgan fingerprint density at radius 2 is 2.07 bits per heavy atom. The molecule has 0 bridgehead atoms. The van der Waals surface area contributed by atoms with Gasteiger partial charge in [0.25, 0.3) is 4.84 Å². The Hall–Kier alpha value is -1.91. The van der Waals surface area contributed by atoms with Crippen LogP contribution in [-0.2, 0) is 23.1 Å². The van der Waals surface area contributed by atoms with Crippen molar-refractivity contribution in [3.05, 3.63) is 34.5 Å². The zero-order valence-electron chi connectivity index (χ0n) is 15.6. The number of methoxy groups -OCH3 is 2. The molecule has 0 radical (unpaired) electrons. The molecular weight excluding hydrogens is 390 g/mol. The summed E-state index contributed by atoms with van der Waals surface area (Å²) in [5, 5.41) is 4.42. The van der Waals surface area contributed by atoms with Crippen molar-refractivity contribution >= 4 is 22.1 Å². The smallest absolute Gasteiger partial charge is 0.291 e. The number of hydrogen-bond acceptors (Lipinski definition) is 7. The van der Waals surface area contributed by atoms with Crippen LogP contribution in [-0.4, -0.2) is 51.0 Å². The first-order valence-electron chi connectivity index (χ1n) is 8.62.